The van der Waals surface area contributed by atoms with Crippen molar-refractivity contribution in [2.75, 3.05) is 23.8 Å². The Labute approximate surface area is 94.4 Å². The average molecular weight is 227 g/mol. The molecule has 1 saturated carbocycles. The van der Waals surface area contributed by atoms with Crippen LogP contribution in [0.5, 0.6) is 0 Å². The maximum Gasteiger partial charge on any atom is 0.0660 e. The van der Waals surface area contributed by atoms with Crippen molar-refractivity contribution in [3.05, 3.63) is 23.2 Å². The minimum atomic E-state index is 0.150. The number of nitrogens with zero attached hydrogens (tertiary/aromatic N) is 1. The standard InChI is InChI=1S/C11H15ClN2O/c12-10-7-8(13)1-4-11(10)14(5-6-15)9-2-3-9/h1,4,7,9,15H,2-3,5-6,13H2. The molecule has 0 amide bonds. The molecule has 2 rings (SSSR count). The van der Waals surface area contributed by atoms with E-state index < -0.39 is 0 Å². The smallest absolute Gasteiger partial charge is 0.0660 e. The second-order valence-corrected chi connectivity index (χ2v) is 4.27. The summed E-state index contributed by atoms with van der Waals surface area (Å²) in [6.07, 6.45) is 2.36. The SMILES string of the molecule is Nc1ccc(N(CCO)C2CC2)c(Cl)c1. The van der Waals surface area contributed by atoms with E-state index >= 15 is 0 Å². The van der Waals surface area contributed by atoms with Crippen LogP contribution < -0.4 is 10.6 Å². The Kier molecular flexibility index (Phi) is 3.03. The summed E-state index contributed by atoms with van der Waals surface area (Å²) in [6, 6.07) is 6.06. The summed E-state index contributed by atoms with van der Waals surface area (Å²) in [4.78, 5) is 2.15. The molecule has 1 fully saturated rings. The monoisotopic (exact) mass is 226 g/mol. The van der Waals surface area contributed by atoms with Crippen LogP contribution >= 0.6 is 11.6 Å². The van der Waals surface area contributed by atoms with Gasteiger partial charge in [0, 0.05) is 18.3 Å². The van der Waals surface area contributed by atoms with E-state index in [4.69, 9.17) is 22.4 Å². The minimum absolute atomic E-state index is 0.150. The van der Waals surface area contributed by atoms with E-state index in [1.54, 1.807) is 6.07 Å². The molecule has 0 atom stereocenters. The van der Waals surface area contributed by atoms with E-state index in [9.17, 15) is 0 Å². The van der Waals surface area contributed by atoms with E-state index in [2.05, 4.69) is 4.90 Å². The first-order valence-electron chi connectivity index (χ1n) is 5.15. The fourth-order valence-corrected chi connectivity index (χ4v) is 2.05. The molecule has 0 aromatic heterocycles. The fourth-order valence-electron chi connectivity index (χ4n) is 1.75. The van der Waals surface area contributed by atoms with Crippen LogP contribution in [0.4, 0.5) is 11.4 Å². The van der Waals surface area contributed by atoms with E-state index in [1.165, 1.54) is 12.8 Å². The zero-order valence-corrected chi connectivity index (χ0v) is 9.24. The molecule has 1 aromatic rings. The lowest BCUT2D eigenvalue weighted by atomic mass is 10.2. The number of aliphatic hydroxyl groups is 1. The number of rotatable bonds is 4. The molecule has 3 N–H and O–H groups in total. The quantitative estimate of drug-likeness (QED) is 0.771. The van der Waals surface area contributed by atoms with E-state index in [0.717, 1.165) is 5.69 Å². The Hall–Kier alpha value is -0.930. The van der Waals surface area contributed by atoms with Gasteiger partial charge in [0.1, 0.15) is 0 Å². The maximum atomic E-state index is 9.01. The molecule has 1 aliphatic rings. The summed E-state index contributed by atoms with van der Waals surface area (Å²) < 4.78 is 0. The highest BCUT2D eigenvalue weighted by Crippen LogP contribution is 2.36. The van der Waals surface area contributed by atoms with Gasteiger partial charge in [-0.3, -0.25) is 0 Å². The van der Waals surface area contributed by atoms with Crippen molar-refractivity contribution in [2.45, 2.75) is 18.9 Å². The van der Waals surface area contributed by atoms with E-state index in [0.29, 0.717) is 23.3 Å². The van der Waals surface area contributed by atoms with Crippen LogP contribution in [-0.2, 0) is 0 Å². The van der Waals surface area contributed by atoms with Crippen molar-refractivity contribution in [1.29, 1.82) is 0 Å². The van der Waals surface area contributed by atoms with Crippen LogP contribution in [0.1, 0.15) is 12.8 Å². The molecule has 4 heteroatoms. The third-order valence-electron chi connectivity index (χ3n) is 2.61. The summed E-state index contributed by atoms with van der Waals surface area (Å²) in [5.74, 6) is 0. The predicted octanol–water partition coefficient (Wildman–Crippen LogP) is 1.88. The first-order valence-corrected chi connectivity index (χ1v) is 5.52. The number of aliphatic hydroxyl groups excluding tert-OH is 1. The molecule has 3 nitrogen and oxygen atoms in total. The first kappa shape index (κ1) is 10.6. The van der Waals surface area contributed by atoms with Gasteiger partial charge in [-0.2, -0.15) is 0 Å². The highest BCUT2D eigenvalue weighted by Gasteiger charge is 2.29. The minimum Gasteiger partial charge on any atom is -0.399 e. The van der Waals surface area contributed by atoms with E-state index in [-0.39, 0.29) is 6.61 Å². The summed E-state index contributed by atoms with van der Waals surface area (Å²) in [6.45, 7) is 0.783. The molecule has 15 heavy (non-hydrogen) atoms. The lowest BCUT2D eigenvalue weighted by Crippen LogP contribution is -2.29. The third-order valence-corrected chi connectivity index (χ3v) is 2.91. The zero-order valence-electron chi connectivity index (χ0n) is 8.49. The molecular formula is C11H15ClN2O. The zero-order chi connectivity index (χ0) is 10.8. The van der Waals surface area contributed by atoms with E-state index in [1.807, 2.05) is 12.1 Å². The van der Waals surface area contributed by atoms with Crippen LogP contribution in [0.3, 0.4) is 0 Å². The number of halogens is 1. The van der Waals surface area contributed by atoms with Gasteiger partial charge in [0.05, 0.1) is 17.3 Å². The number of nitrogens with two attached hydrogens (primary N) is 1. The Morgan fingerprint density at radius 1 is 1.47 bits per heavy atom. The van der Waals surface area contributed by atoms with Gasteiger partial charge in [0.25, 0.3) is 0 Å². The van der Waals surface area contributed by atoms with Crippen molar-refractivity contribution in [1.82, 2.24) is 0 Å². The molecular weight excluding hydrogens is 212 g/mol. The van der Waals surface area contributed by atoms with Crippen molar-refractivity contribution >= 4 is 23.0 Å². The van der Waals surface area contributed by atoms with Crippen molar-refractivity contribution in [2.24, 2.45) is 0 Å². The summed E-state index contributed by atoms with van der Waals surface area (Å²) >= 11 is 6.13. The molecule has 0 saturated heterocycles. The summed E-state index contributed by atoms with van der Waals surface area (Å²) in [5, 5.41) is 9.67. The molecule has 0 heterocycles. The number of hydrogen-bond acceptors (Lipinski definition) is 3. The van der Waals surface area contributed by atoms with Gasteiger partial charge in [0.15, 0.2) is 0 Å². The Bertz CT molecular complexity index is 352. The number of nitrogen functional groups attached to an aromatic ring is 1. The normalized spacial score (nSPS) is 15.3. The molecule has 0 bridgehead atoms. The Morgan fingerprint density at radius 2 is 2.20 bits per heavy atom. The van der Waals surface area contributed by atoms with Crippen molar-refractivity contribution in [3.8, 4) is 0 Å². The summed E-state index contributed by atoms with van der Waals surface area (Å²) in [5.41, 5.74) is 7.29. The molecule has 82 valence electrons. The highest BCUT2D eigenvalue weighted by molar-refractivity contribution is 6.33. The van der Waals surface area contributed by atoms with Crippen LogP contribution in [0, 0.1) is 0 Å². The predicted molar refractivity (Wildman–Crippen MR) is 63.3 cm³/mol. The van der Waals surface area contributed by atoms with Gasteiger partial charge in [0.2, 0.25) is 0 Å². The van der Waals surface area contributed by atoms with Gasteiger partial charge in [-0.15, -0.1) is 0 Å². The second kappa shape index (κ2) is 4.29. The fraction of sp³-hybridized carbons (Fsp3) is 0.455. The Morgan fingerprint density at radius 3 is 2.73 bits per heavy atom. The number of hydrogen-bond donors (Lipinski definition) is 2. The van der Waals surface area contributed by atoms with Gasteiger partial charge in [-0.1, -0.05) is 11.6 Å². The molecule has 0 unspecified atom stereocenters. The molecule has 0 spiro atoms. The average Bonchev–Trinajstić information content (AvgIpc) is 2.98. The Balaban J connectivity index is 2.24. The largest absolute Gasteiger partial charge is 0.399 e. The lowest BCUT2D eigenvalue weighted by Gasteiger charge is -2.24. The van der Waals surface area contributed by atoms with Crippen molar-refractivity contribution < 1.29 is 5.11 Å². The molecule has 0 aliphatic heterocycles. The van der Waals surface area contributed by atoms with Crippen LogP contribution in [0.25, 0.3) is 0 Å². The van der Waals surface area contributed by atoms with Gasteiger partial charge >= 0.3 is 0 Å². The third kappa shape index (κ3) is 2.36. The number of benzene rings is 1. The molecule has 1 aromatic carbocycles. The number of anilines is 2. The molecule has 1 aliphatic carbocycles. The second-order valence-electron chi connectivity index (χ2n) is 3.86. The summed E-state index contributed by atoms with van der Waals surface area (Å²) in [7, 11) is 0. The van der Waals surface area contributed by atoms with Crippen LogP contribution in [0.2, 0.25) is 5.02 Å². The highest BCUT2D eigenvalue weighted by atomic mass is 35.5. The topological polar surface area (TPSA) is 49.5 Å². The van der Waals surface area contributed by atoms with Crippen molar-refractivity contribution in [3.63, 3.8) is 0 Å². The lowest BCUT2D eigenvalue weighted by molar-refractivity contribution is 0.301. The molecule has 0 radical (unpaired) electrons. The van der Waals surface area contributed by atoms with Gasteiger partial charge in [-0.25, -0.2) is 0 Å². The van der Waals surface area contributed by atoms with Crippen LogP contribution in [-0.4, -0.2) is 24.3 Å². The van der Waals surface area contributed by atoms with Gasteiger partial charge in [-0.05, 0) is 31.0 Å². The van der Waals surface area contributed by atoms with Crippen LogP contribution in [0.15, 0.2) is 18.2 Å². The maximum absolute atomic E-state index is 9.01. The first-order chi connectivity index (χ1) is 7.22. The van der Waals surface area contributed by atoms with Gasteiger partial charge < -0.3 is 15.7 Å².